The van der Waals surface area contributed by atoms with Crippen molar-refractivity contribution < 1.29 is 13.6 Å². The molecule has 3 rings (SSSR count). The van der Waals surface area contributed by atoms with E-state index in [2.05, 4.69) is 89.3 Å². The third kappa shape index (κ3) is 8.11. The molecule has 35 heavy (non-hydrogen) atoms. The average molecular weight is 493 g/mol. The Morgan fingerprint density at radius 3 is 2.40 bits per heavy atom. The summed E-state index contributed by atoms with van der Waals surface area (Å²) in [5.41, 5.74) is 3.37. The summed E-state index contributed by atoms with van der Waals surface area (Å²) in [6.45, 7) is 15.1. The minimum absolute atomic E-state index is 0.269. The standard InChI is InChI=1S/C31H44O3Si/c1-7-8-11-14-25-15-17-26(18-16-25)29-23-27-19-20-28(24-30(27)34-29)32-21-12-9-10-13-22-33-35(5,6)31(2,3)4/h9,12,15-20,23-24H,7-8,10-11,13-14,21-22H2,1-6H3/b12-9+. The molecule has 0 bridgehead atoms. The van der Waals surface area contributed by atoms with Gasteiger partial charge in [0.15, 0.2) is 8.32 Å². The van der Waals surface area contributed by atoms with Gasteiger partial charge in [0.2, 0.25) is 0 Å². The summed E-state index contributed by atoms with van der Waals surface area (Å²) in [5, 5.41) is 1.36. The Morgan fingerprint density at radius 1 is 0.914 bits per heavy atom. The van der Waals surface area contributed by atoms with Gasteiger partial charge in [-0.05, 0) is 67.6 Å². The number of ether oxygens (including phenoxy) is 1. The van der Waals surface area contributed by atoms with Crippen LogP contribution in [0.1, 0.15) is 65.4 Å². The second kappa shape index (κ2) is 12.6. The quantitative estimate of drug-likeness (QED) is 0.135. The highest BCUT2D eigenvalue weighted by Gasteiger charge is 2.36. The summed E-state index contributed by atoms with van der Waals surface area (Å²) in [6.07, 6.45) is 11.3. The van der Waals surface area contributed by atoms with E-state index in [1.807, 2.05) is 12.1 Å². The highest BCUT2D eigenvalue weighted by molar-refractivity contribution is 6.74. The molecular formula is C31H44O3Si. The molecule has 0 radical (unpaired) electrons. The second-order valence-electron chi connectivity index (χ2n) is 11.0. The molecule has 0 aliphatic heterocycles. The Kier molecular flexibility index (Phi) is 9.82. The molecule has 190 valence electrons. The van der Waals surface area contributed by atoms with Gasteiger partial charge in [-0.1, -0.05) is 77.0 Å². The fourth-order valence-electron chi connectivity index (χ4n) is 3.73. The number of rotatable bonds is 13. The average Bonchev–Trinajstić information content (AvgIpc) is 3.24. The molecule has 0 atom stereocenters. The molecule has 0 saturated carbocycles. The minimum atomic E-state index is -1.63. The van der Waals surface area contributed by atoms with E-state index in [0.29, 0.717) is 6.61 Å². The van der Waals surface area contributed by atoms with Gasteiger partial charge in [0.05, 0.1) is 0 Å². The van der Waals surface area contributed by atoms with Gasteiger partial charge in [-0.15, -0.1) is 0 Å². The molecular weight excluding hydrogens is 448 g/mol. The van der Waals surface area contributed by atoms with E-state index in [1.165, 1.54) is 24.8 Å². The molecule has 0 spiro atoms. The molecule has 4 heteroatoms. The summed E-state index contributed by atoms with van der Waals surface area (Å²) < 4.78 is 18.3. The van der Waals surface area contributed by atoms with Crippen molar-refractivity contribution in [3.05, 3.63) is 66.2 Å². The van der Waals surface area contributed by atoms with Gasteiger partial charge in [-0.3, -0.25) is 0 Å². The van der Waals surface area contributed by atoms with Crippen molar-refractivity contribution >= 4 is 19.3 Å². The van der Waals surface area contributed by atoms with Crippen LogP contribution in [-0.4, -0.2) is 21.5 Å². The van der Waals surface area contributed by atoms with E-state index in [9.17, 15) is 0 Å². The van der Waals surface area contributed by atoms with Crippen LogP contribution in [0, 0.1) is 0 Å². The van der Waals surface area contributed by atoms with Crippen molar-refractivity contribution in [2.24, 2.45) is 0 Å². The largest absolute Gasteiger partial charge is 0.489 e. The third-order valence-electron chi connectivity index (χ3n) is 7.10. The van der Waals surface area contributed by atoms with Gasteiger partial charge in [0, 0.05) is 23.6 Å². The van der Waals surface area contributed by atoms with Gasteiger partial charge >= 0.3 is 0 Å². The Hall–Kier alpha value is -2.30. The molecule has 0 aliphatic carbocycles. The maximum absolute atomic E-state index is 6.23. The van der Waals surface area contributed by atoms with E-state index < -0.39 is 8.32 Å². The Labute approximate surface area is 213 Å². The molecule has 2 aromatic carbocycles. The number of fused-ring (bicyclic) bond motifs is 1. The number of hydrogen-bond donors (Lipinski definition) is 0. The lowest BCUT2D eigenvalue weighted by atomic mass is 10.0. The van der Waals surface area contributed by atoms with E-state index >= 15 is 0 Å². The number of benzene rings is 2. The number of furan rings is 1. The van der Waals surface area contributed by atoms with Crippen LogP contribution in [0.2, 0.25) is 18.1 Å². The Bertz CT molecular complexity index is 1070. The van der Waals surface area contributed by atoms with Crippen molar-refractivity contribution in [1.82, 2.24) is 0 Å². The van der Waals surface area contributed by atoms with Gasteiger partial charge in [-0.2, -0.15) is 0 Å². The zero-order chi connectivity index (χ0) is 25.3. The topological polar surface area (TPSA) is 31.6 Å². The van der Waals surface area contributed by atoms with Crippen molar-refractivity contribution in [3.63, 3.8) is 0 Å². The summed E-state index contributed by atoms with van der Waals surface area (Å²) in [5.74, 6) is 1.73. The molecule has 0 aliphatic rings. The zero-order valence-corrected chi connectivity index (χ0v) is 23.7. The maximum Gasteiger partial charge on any atom is 0.191 e. The Balaban J connectivity index is 1.45. The van der Waals surface area contributed by atoms with Crippen LogP contribution in [0.3, 0.4) is 0 Å². The van der Waals surface area contributed by atoms with Crippen molar-refractivity contribution in [2.45, 2.75) is 84.4 Å². The van der Waals surface area contributed by atoms with E-state index in [1.54, 1.807) is 0 Å². The monoisotopic (exact) mass is 492 g/mol. The predicted octanol–water partition coefficient (Wildman–Crippen LogP) is 9.57. The number of aryl methyl sites for hydroxylation is 1. The third-order valence-corrected chi connectivity index (χ3v) is 11.6. The predicted molar refractivity (Wildman–Crippen MR) is 152 cm³/mol. The van der Waals surface area contributed by atoms with Crippen LogP contribution in [0.25, 0.3) is 22.3 Å². The first-order chi connectivity index (χ1) is 16.7. The highest BCUT2D eigenvalue weighted by Crippen LogP contribution is 2.36. The lowest BCUT2D eigenvalue weighted by molar-refractivity contribution is 0.283. The van der Waals surface area contributed by atoms with Crippen molar-refractivity contribution in [1.29, 1.82) is 0 Å². The van der Waals surface area contributed by atoms with Gasteiger partial charge in [0.25, 0.3) is 0 Å². The molecule has 0 N–H and O–H groups in total. The molecule has 3 aromatic rings. The summed E-state index contributed by atoms with van der Waals surface area (Å²) >= 11 is 0. The van der Waals surface area contributed by atoms with Gasteiger partial charge in [-0.25, -0.2) is 0 Å². The fourth-order valence-corrected chi connectivity index (χ4v) is 4.82. The van der Waals surface area contributed by atoms with Crippen LogP contribution in [0.5, 0.6) is 5.75 Å². The Morgan fingerprint density at radius 2 is 1.69 bits per heavy atom. The normalized spacial score (nSPS) is 12.6. The molecule has 0 fully saturated rings. The maximum atomic E-state index is 6.23. The number of hydrogen-bond acceptors (Lipinski definition) is 3. The SMILES string of the molecule is CCCCCc1ccc(-c2cc3ccc(OC/C=C/CCCO[Si](C)(C)C(C)(C)C)cc3o2)cc1. The van der Waals surface area contributed by atoms with Crippen molar-refractivity contribution in [2.75, 3.05) is 13.2 Å². The molecule has 1 heterocycles. The van der Waals surface area contributed by atoms with E-state index in [-0.39, 0.29) is 5.04 Å². The second-order valence-corrected chi connectivity index (χ2v) is 15.8. The summed E-state index contributed by atoms with van der Waals surface area (Å²) in [7, 11) is -1.63. The van der Waals surface area contributed by atoms with Crippen LogP contribution >= 0.6 is 0 Å². The van der Waals surface area contributed by atoms with Crippen LogP contribution in [-0.2, 0) is 10.8 Å². The fraction of sp³-hybridized carbons (Fsp3) is 0.484. The van der Waals surface area contributed by atoms with Crippen LogP contribution in [0.15, 0.2) is 65.1 Å². The number of allylic oxidation sites excluding steroid dienone is 1. The molecule has 1 aromatic heterocycles. The first-order valence-corrected chi connectivity index (χ1v) is 16.1. The first kappa shape index (κ1) is 27.3. The first-order valence-electron chi connectivity index (χ1n) is 13.2. The summed E-state index contributed by atoms with van der Waals surface area (Å²) in [4.78, 5) is 0. The zero-order valence-electron chi connectivity index (χ0n) is 22.7. The lowest BCUT2D eigenvalue weighted by Gasteiger charge is -2.36. The molecule has 0 saturated heterocycles. The number of unbranched alkanes of at least 4 members (excludes halogenated alkanes) is 3. The van der Waals surface area contributed by atoms with E-state index in [0.717, 1.165) is 53.9 Å². The van der Waals surface area contributed by atoms with Gasteiger partial charge in [0.1, 0.15) is 23.7 Å². The summed E-state index contributed by atoms with van der Waals surface area (Å²) in [6, 6.07) is 16.9. The van der Waals surface area contributed by atoms with Crippen LogP contribution in [0.4, 0.5) is 0 Å². The van der Waals surface area contributed by atoms with E-state index in [4.69, 9.17) is 13.6 Å². The van der Waals surface area contributed by atoms with Gasteiger partial charge < -0.3 is 13.6 Å². The molecule has 3 nitrogen and oxygen atoms in total. The van der Waals surface area contributed by atoms with Crippen LogP contribution < -0.4 is 4.74 Å². The molecule has 0 amide bonds. The van der Waals surface area contributed by atoms with Crippen molar-refractivity contribution in [3.8, 4) is 17.1 Å². The highest BCUT2D eigenvalue weighted by atomic mass is 28.4. The smallest absolute Gasteiger partial charge is 0.191 e. The molecule has 0 unspecified atom stereocenters. The minimum Gasteiger partial charge on any atom is -0.489 e. The lowest BCUT2D eigenvalue weighted by Crippen LogP contribution is -2.40.